The number of aromatic nitrogens is 1. The van der Waals surface area contributed by atoms with Gasteiger partial charge in [0.05, 0.1) is 5.69 Å². The molecule has 3 heteroatoms. The second kappa shape index (κ2) is 5.81. The molecule has 3 rings (SSSR count). The number of pyridine rings is 1. The highest BCUT2D eigenvalue weighted by molar-refractivity contribution is 5.03. The third kappa shape index (κ3) is 2.90. The molecule has 1 saturated carbocycles. The first-order chi connectivity index (χ1) is 8.92. The van der Waals surface area contributed by atoms with E-state index in [-0.39, 0.29) is 0 Å². The van der Waals surface area contributed by atoms with E-state index in [9.17, 15) is 0 Å². The third-order valence-electron chi connectivity index (χ3n) is 4.36. The quantitative estimate of drug-likeness (QED) is 0.813. The summed E-state index contributed by atoms with van der Waals surface area (Å²) in [5.41, 5.74) is 1.20. The van der Waals surface area contributed by atoms with Crippen LogP contribution in [0.4, 0.5) is 0 Å². The molecule has 1 aromatic rings. The lowest BCUT2D eigenvalue weighted by molar-refractivity contribution is 0.0929. The smallest absolute Gasteiger partial charge is 0.0543 e. The second-order valence-electron chi connectivity index (χ2n) is 5.57. The largest absolute Gasteiger partial charge is 0.298 e. The lowest BCUT2D eigenvalue weighted by atomic mass is 10.2. The van der Waals surface area contributed by atoms with E-state index in [1.165, 1.54) is 57.6 Å². The van der Waals surface area contributed by atoms with Crippen molar-refractivity contribution in [2.45, 2.75) is 38.3 Å². The highest BCUT2D eigenvalue weighted by Crippen LogP contribution is 2.24. The van der Waals surface area contributed by atoms with Crippen molar-refractivity contribution in [2.75, 3.05) is 26.2 Å². The zero-order valence-electron chi connectivity index (χ0n) is 11.1. The van der Waals surface area contributed by atoms with Crippen molar-refractivity contribution >= 4 is 0 Å². The minimum Gasteiger partial charge on any atom is -0.298 e. The molecule has 1 saturated heterocycles. The van der Waals surface area contributed by atoms with Gasteiger partial charge in [0.2, 0.25) is 0 Å². The Morgan fingerprint density at radius 3 is 2.50 bits per heavy atom. The molecular weight excluding hydrogens is 222 g/mol. The monoisotopic (exact) mass is 245 g/mol. The van der Waals surface area contributed by atoms with E-state index in [2.05, 4.69) is 26.9 Å². The summed E-state index contributed by atoms with van der Waals surface area (Å²) in [6, 6.07) is 7.09. The Morgan fingerprint density at radius 1 is 1.06 bits per heavy atom. The van der Waals surface area contributed by atoms with Crippen LogP contribution < -0.4 is 0 Å². The Kier molecular flexibility index (Phi) is 3.91. The maximum atomic E-state index is 4.41. The van der Waals surface area contributed by atoms with Gasteiger partial charge < -0.3 is 0 Å². The summed E-state index contributed by atoms with van der Waals surface area (Å²) >= 11 is 0. The van der Waals surface area contributed by atoms with E-state index in [4.69, 9.17) is 0 Å². The van der Waals surface area contributed by atoms with Crippen LogP contribution in [0.3, 0.4) is 0 Å². The van der Waals surface area contributed by atoms with Crippen molar-refractivity contribution in [3.8, 4) is 0 Å². The van der Waals surface area contributed by atoms with Crippen molar-refractivity contribution in [1.82, 2.24) is 14.8 Å². The van der Waals surface area contributed by atoms with E-state index < -0.39 is 0 Å². The van der Waals surface area contributed by atoms with Gasteiger partial charge >= 0.3 is 0 Å². The molecule has 2 fully saturated rings. The van der Waals surface area contributed by atoms with Crippen LogP contribution in [0.5, 0.6) is 0 Å². The summed E-state index contributed by atoms with van der Waals surface area (Å²) in [4.78, 5) is 9.66. The number of piperazine rings is 1. The third-order valence-corrected chi connectivity index (χ3v) is 4.36. The maximum Gasteiger partial charge on any atom is 0.0543 e. The van der Waals surface area contributed by atoms with Gasteiger partial charge in [-0.25, -0.2) is 0 Å². The van der Waals surface area contributed by atoms with Crippen LogP contribution in [0, 0.1) is 0 Å². The van der Waals surface area contributed by atoms with Crippen molar-refractivity contribution in [1.29, 1.82) is 0 Å². The Morgan fingerprint density at radius 2 is 1.83 bits per heavy atom. The molecule has 0 N–H and O–H groups in total. The fourth-order valence-corrected chi connectivity index (χ4v) is 3.28. The van der Waals surface area contributed by atoms with Gasteiger partial charge in [-0.3, -0.25) is 14.8 Å². The zero-order valence-corrected chi connectivity index (χ0v) is 11.1. The lowest BCUT2D eigenvalue weighted by Gasteiger charge is -2.37. The van der Waals surface area contributed by atoms with E-state index in [0.29, 0.717) is 0 Å². The van der Waals surface area contributed by atoms with Crippen LogP contribution >= 0.6 is 0 Å². The van der Waals surface area contributed by atoms with Gasteiger partial charge in [-0.2, -0.15) is 0 Å². The van der Waals surface area contributed by atoms with Gasteiger partial charge in [0, 0.05) is 45.0 Å². The molecule has 0 unspecified atom stereocenters. The number of hydrogen-bond acceptors (Lipinski definition) is 3. The fraction of sp³-hybridized carbons (Fsp3) is 0.667. The number of rotatable bonds is 3. The summed E-state index contributed by atoms with van der Waals surface area (Å²) in [6.07, 6.45) is 7.64. The Balaban J connectivity index is 1.48. The number of hydrogen-bond donors (Lipinski definition) is 0. The second-order valence-corrected chi connectivity index (χ2v) is 5.57. The highest BCUT2D eigenvalue weighted by atomic mass is 15.3. The Bertz CT molecular complexity index is 351. The molecular formula is C15H23N3. The van der Waals surface area contributed by atoms with Gasteiger partial charge in [-0.1, -0.05) is 18.9 Å². The lowest BCUT2D eigenvalue weighted by Crippen LogP contribution is -2.49. The minimum atomic E-state index is 0.891. The molecule has 0 spiro atoms. The summed E-state index contributed by atoms with van der Waals surface area (Å²) in [7, 11) is 0. The maximum absolute atomic E-state index is 4.41. The zero-order chi connectivity index (χ0) is 12.2. The van der Waals surface area contributed by atoms with Crippen molar-refractivity contribution in [3.63, 3.8) is 0 Å². The average molecular weight is 245 g/mol. The number of nitrogens with zero attached hydrogens (tertiary/aromatic N) is 3. The molecule has 1 aliphatic heterocycles. The van der Waals surface area contributed by atoms with Gasteiger partial charge in [0.15, 0.2) is 0 Å². The summed E-state index contributed by atoms with van der Waals surface area (Å²) in [6.45, 7) is 5.91. The molecule has 2 heterocycles. The highest BCUT2D eigenvalue weighted by Gasteiger charge is 2.25. The first kappa shape index (κ1) is 12.1. The van der Waals surface area contributed by atoms with Crippen molar-refractivity contribution < 1.29 is 0 Å². The summed E-state index contributed by atoms with van der Waals surface area (Å²) < 4.78 is 0. The van der Waals surface area contributed by atoms with Crippen LogP contribution in [0.15, 0.2) is 24.4 Å². The van der Waals surface area contributed by atoms with E-state index in [1.807, 2.05) is 12.3 Å². The van der Waals surface area contributed by atoms with Crippen LogP contribution in [0.2, 0.25) is 0 Å². The van der Waals surface area contributed by atoms with Gasteiger partial charge in [-0.05, 0) is 25.0 Å². The van der Waals surface area contributed by atoms with Gasteiger partial charge in [-0.15, -0.1) is 0 Å². The molecule has 18 heavy (non-hydrogen) atoms. The van der Waals surface area contributed by atoms with Crippen LogP contribution in [0.1, 0.15) is 31.4 Å². The van der Waals surface area contributed by atoms with E-state index in [0.717, 1.165) is 12.6 Å². The molecule has 0 amide bonds. The molecule has 0 aromatic carbocycles. The normalized spacial score (nSPS) is 23.6. The average Bonchev–Trinajstić information content (AvgIpc) is 2.95. The standard InChI is InChI=1S/C15H23N3/c1-2-7-15(6-1)18-11-9-17(10-12-18)13-14-5-3-4-8-16-14/h3-5,8,15H,1-2,6-7,9-13H2. The molecule has 0 bridgehead atoms. The minimum absolute atomic E-state index is 0.891. The van der Waals surface area contributed by atoms with E-state index >= 15 is 0 Å². The molecule has 0 atom stereocenters. The van der Waals surface area contributed by atoms with Crippen molar-refractivity contribution in [2.24, 2.45) is 0 Å². The Labute approximate surface area is 110 Å². The molecule has 1 aliphatic carbocycles. The van der Waals surface area contributed by atoms with Gasteiger partial charge in [0.25, 0.3) is 0 Å². The van der Waals surface area contributed by atoms with Crippen molar-refractivity contribution in [3.05, 3.63) is 30.1 Å². The first-order valence-electron chi connectivity index (χ1n) is 7.28. The SMILES string of the molecule is c1ccc(CN2CCN(C3CCCC3)CC2)nc1. The van der Waals surface area contributed by atoms with Gasteiger partial charge in [0.1, 0.15) is 0 Å². The Hall–Kier alpha value is -0.930. The molecule has 98 valence electrons. The summed E-state index contributed by atoms with van der Waals surface area (Å²) in [5, 5.41) is 0. The van der Waals surface area contributed by atoms with E-state index in [1.54, 1.807) is 0 Å². The predicted octanol–water partition coefficient (Wildman–Crippen LogP) is 2.14. The fourth-order valence-electron chi connectivity index (χ4n) is 3.28. The molecule has 3 nitrogen and oxygen atoms in total. The summed E-state index contributed by atoms with van der Waals surface area (Å²) in [5.74, 6) is 0. The van der Waals surface area contributed by atoms with Crippen LogP contribution in [-0.2, 0) is 6.54 Å². The molecule has 2 aliphatic rings. The molecule has 0 radical (unpaired) electrons. The molecule has 1 aromatic heterocycles. The first-order valence-corrected chi connectivity index (χ1v) is 7.28. The van der Waals surface area contributed by atoms with Crippen LogP contribution in [0.25, 0.3) is 0 Å². The topological polar surface area (TPSA) is 19.4 Å². The predicted molar refractivity (Wildman–Crippen MR) is 73.3 cm³/mol. The van der Waals surface area contributed by atoms with Crippen LogP contribution in [-0.4, -0.2) is 47.0 Å².